The van der Waals surface area contributed by atoms with E-state index < -0.39 is 16.1 Å². The van der Waals surface area contributed by atoms with Crippen molar-refractivity contribution in [1.82, 2.24) is 0 Å². The summed E-state index contributed by atoms with van der Waals surface area (Å²) in [6.07, 6.45) is 0. The summed E-state index contributed by atoms with van der Waals surface area (Å²) in [5.74, 6) is 0.191. The standard InChI is InChI=1S/C19H16N2O4S/c22-19(20-15-9-3-1-4-10-15)21-17-13-7-8-14-18(17)26(23,24)25-16-11-5-2-6-12-16/h1-14H,(H2,20,21,22). The lowest BCUT2D eigenvalue weighted by Crippen LogP contribution is -2.21. The molecule has 0 fully saturated rings. The average Bonchev–Trinajstić information content (AvgIpc) is 2.63. The van der Waals surface area contributed by atoms with Gasteiger partial charge < -0.3 is 14.8 Å². The Kier molecular flexibility index (Phi) is 5.19. The van der Waals surface area contributed by atoms with Crippen LogP contribution >= 0.6 is 0 Å². The number of nitrogens with one attached hydrogen (secondary N) is 2. The molecule has 0 bridgehead atoms. The maximum absolute atomic E-state index is 12.6. The highest BCUT2D eigenvalue weighted by Crippen LogP contribution is 2.25. The molecule has 0 aliphatic carbocycles. The Labute approximate surface area is 151 Å². The van der Waals surface area contributed by atoms with Crippen LogP contribution in [0.3, 0.4) is 0 Å². The van der Waals surface area contributed by atoms with Crippen molar-refractivity contribution in [2.45, 2.75) is 4.90 Å². The van der Waals surface area contributed by atoms with E-state index in [0.717, 1.165) is 0 Å². The van der Waals surface area contributed by atoms with E-state index in [0.29, 0.717) is 5.69 Å². The third-order valence-electron chi connectivity index (χ3n) is 3.39. The van der Waals surface area contributed by atoms with E-state index in [2.05, 4.69) is 10.6 Å². The number of amides is 2. The van der Waals surface area contributed by atoms with Gasteiger partial charge in [-0.05, 0) is 36.4 Å². The van der Waals surface area contributed by atoms with Gasteiger partial charge in [0.05, 0.1) is 5.69 Å². The molecule has 0 radical (unpaired) electrons. The number of hydrogen-bond donors (Lipinski definition) is 2. The van der Waals surface area contributed by atoms with Crippen LogP contribution in [0.25, 0.3) is 0 Å². The van der Waals surface area contributed by atoms with E-state index >= 15 is 0 Å². The second-order valence-electron chi connectivity index (χ2n) is 5.29. The van der Waals surface area contributed by atoms with Crippen LogP contribution in [0, 0.1) is 0 Å². The van der Waals surface area contributed by atoms with Crippen LogP contribution in [-0.4, -0.2) is 14.4 Å². The van der Waals surface area contributed by atoms with E-state index in [9.17, 15) is 13.2 Å². The van der Waals surface area contributed by atoms with Crippen molar-refractivity contribution in [3.63, 3.8) is 0 Å². The van der Waals surface area contributed by atoms with E-state index in [4.69, 9.17) is 4.18 Å². The van der Waals surface area contributed by atoms with Crippen molar-refractivity contribution in [2.24, 2.45) is 0 Å². The first-order chi connectivity index (χ1) is 12.5. The lowest BCUT2D eigenvalue weighted by Gasteiger charge is -2.13. The van der Waals surface area contributed by atoms with Crippen LogP contribution in [-0.2, 0) is 10.1 Å². The van der Waals surface area contributed by atoms with Crippen LogP contribution in [0.15, 0.2) is 89.8 Å². The van der Waals surface area contributed by atoms with Gasteiger partial charge in [0.15, 0.2) is 0 Å². The highest BCUT2D eigenvalue weighted by Gasteiger charge is 2.21. The Morgan fingerprint density at radius 2 is 1.31 bits per heavy atom. The highest BCUT2D eigenvalue weighted by atomic mass is 32.2. The SMILES string of the molecule is O=C(Nc1ccccc1)Nc1ccccc1S(=O)(=O)Oc1ccccc1. The largest absolute Gasteiger partial charge is 0.379 e. The zero-order valence-electron chi connectivity index (χ0n) is 13.6. The molecule has 0 aliphatic rings. The molecule has 0 saturated carbocycles. The fourth-order valence-electron chi connectivity index (χ4n) is 2.24. The van der Waals surface area contributed by atoms with Gasteiger partial charge in [-0.2, -0.15) is 8.42 Å². The molecule has 3 aromatic carbocycles. The molecule has 0 heterocycles. The first-order valence-electron chi connectivity index (χ1n) is 7.76. The van der Waals surface area contributed by atoms with E-state index in [1.54, 1.807) is 54.6 Å². The molecule has 3 aromatic rings. The van der Waals surface area contributed by atoms with Crippen LogP contribution < -0.4 is 14.8 Å². The molecule has 7 heteroatoms. The zero-order chi connectivity index (χ0) is 18.4. The molecule has 2 amide bonds. The number of carbonyl (C=O) groups excluding carboxylic acids is 1. The van der Waals surface area contributed by atoms with E-state index in [1.165, 1.54) is 24.3 Å². The summed E-state index contributed by atoms with van der Waals surface area (Å²) >= 11 is 0. The number of urea groups is 1. The van der Waals surface area contributed by atoms with Gasteiger partial charge in [0.25, 0.3) is 0 Å². The molecule has 0 unspecified atom stereocenters. The van der Waals surface area contributed by atoms with Crippen molar-refractivity contribution in [3.05, 3.63) is 84.9 Å². The van der Waals surface area contributed by atoms with Gasteiger partial charge in [0.1, 0.15) is 10.6 Å². The Morgan fingerprint density at radius 1 is 0.731 bits per heavy atom. The van der Waals surface area contributed by atoms with E-state index in [-0.39, 0.29) is 16.3 Å². The van der Waals surface area contributed by atoms with Crippen molar-refractivity contribution < 1.29 is 17.4 Å². The predicted molar refractivity (Wildman–Crippen MR) is 99.8 cm³/mol. The second-order valence-corrected chi connectivity index (χ2v) is 6.81. The number of hydrogen-bond acceptors (Lipinski definition) is 4. The van der Waals surface area contributed by atoms with Crippen LogP contribution in [0.2, 0.25) is 0 Å². The number of benzene rings is 3. The Bertz CT molecular complexity index is 990. The van der Waals surface area contributed by atoms with Crippen molar-refractivity contribution >= 4 is 27.5 Å². The summed E-state index contributed by atoms with van der Waals surface area (Å²) < 4.78 is 30.3. The topological polar surface area (TPSA) is 84.5 Å². The molecule has 26 heavy (non-hydrogen) atoms. The Morgan fingerprint density at radius 3 is 2.00 bits per heavy atom. The van der Waals surface area contributed by atoms with Gasteiger partial charge in [-0.1, -0.05) is 48.5 Å². The molecule has 0 spiro atoms. The summed E-state index contributed by atoms with van der Waals surface area (Å²) in [7, 11) is -4.10. The summed E-state index contributed by atoms with van der Waals surface area (Å²) in [5, 5.41) is 5.17. The molecule has 3 rings (SSSR count). The zero-order valence-corrected chi connectivity index (χ0v) is 14.4. The number of anilines is 2. The third kappa shape index (κ3) is 4.40. The normalized spacial score (nSPS) is 10.8. The molecule has 0 atom stereocenters. The minimum Gasteiger partial charge on any atom is -0.379 e. The molecular formula is C19H16N2O4S. The summed E-state index contributed by atoms with van der Waals surface area (Å²) in [4.78, 5) is 12.0. The maximum atomic E-state index is 12.6. The molecule has 132 valence electrons. The van der Waals surface area contributed by atoms with Crippen molar-refractivity contribution in [2.75, 3.05) is 10.6 Å². The van der Waals surface area contributed by atoms with Gasteiger partial charge in [0, 0.05) is 5.69 Å². The first-order valence-corrected chi connectivity index (χ1v) is 9.17. The quantitative estimate of drug-likeness (QED) is 0.664. The minimum absolute atomic E-state index is 0.122. The summed E-state index contributed by atoms with van der Waals surface area (Å²) in [5.41, 5.74) is 0.711. The smallest absolute Gasteiger partial charge is 0.341 e. The van der Waals surface area contributed by atoms with Gasteiger partial charge in [-0.3, -0.25) is 0 Å². The second kappa shape index (κ2) is 7.71. The minimum atomic E-state index is -4.10. The van der Waals surface area contributed by atoms with Gasteiger partial charge in [-0.25, -0.2) is 4.79 Å². The van der Waals surface area contributed by atoms with Crippen molar-refractivity contribution in [3.8, 4) is 5.75 Å². The third-order valence-corrected chi connectivity index (χ3v) is 4.69. The Hall–Kier alpha value is -3.32. The molecule has 2 N–H and O–H groups in total. The maximum Gasteiger partial charge on any atom is 0.341 e. The number of para-hydroxylation sites is 3. The number of rotatable bonds is 5. The molecular weight excluding hydrogens is 352 g/mol. The molecule has 0 saturated heterocycles. The first kappa shape index (κ1) is 17.5. The summed E-state index contributed by atoms with van der Waals surface area (Å²) in [6, 6.07) is 22.5. The summed E-state index contributed by atoms with van der Waals surface area (Å²) in [6.45, 7) is 0. The Balaban J connectivity index is 1.80. The predicted octanol–water partition coefficient (Wildman–Crippen LogP) is 4.10. The van der Waals surface area contributed by atoms with Gasteiger partial charge >= 0.3 is 16.1 Å². The van der Waals surface area contributed by atoms with Crippen molar-refractivity contribution in [1.29, 1.82) is 0 Å². The highest BCUT2D eigenvalue weighted by molar-refractivity contribution is 7.87. The monoisotopic (exact) mass is 368 g/mol. The van der Waals surface area contributed by atoms with Gasteiger partial charge in [0.2, 0.25) is 0 Å². The molecule has 6 nitrogen and oxygen atoms in total. The fourth-order valence-corrected chi connectivity index (χ4v) is 3.33. The van der Waals surface area contributed by atoms with Gasteiger partial charge in [-0.15, -0.1) is 0 Å². The number of carbonyl (C=O) groups is 1. The van der Waals surface area contributed by atoms with Crippen LogP contribution in [0.1, 0.15) is 0 Å². The van der Waals surface area contributed by atoms with Crippen LogP contribution in [0.5, 0.6) is 5.75 Å². The fraction of sp³-hybridized carbons (Fsp3) is 0. The molecule has 0 aromatic heterocycles. The van der Waals surface area contributed by atoms with Crippen LogP contribution in [0.4, 0.5) is 16.2 Å². The average molecular weight is 368 g/mol. The lowest BCUT2D eigenvalue weighted by molar-refractivity contribution is 0.262. The lowest BCUT2D eigenvalue weighted by atomic mass is 10.3. The van der Waals surface area contributed by atoms with E-state index in [1.807, 2.05) is 6.07 Å². The molecule has 0 aliphatic heterocycles.